The third-order valence-corrected chi connectivity index (χ3v) is 3.46. The van der Waals surface area contributed by atoms with Crippen LogP contribution in [0.25, 0.3) is 0 Å². The molecule has 0 bridgehead atoms. The van der Waals surface area contributed by atoms with Crippen LogP contribution in [-0.4, -0.2) is 54.1 Å². The van der Waals surface area contributed by atoms with Crippen molar-refractivity contribution in [3.63, 3.8) is 0 Å². The lowest BCUT2D eigenvalue weighted by molar-refractivity contribution is 0.101. The third kappa shape index (κ3) is 3.19. The van der Waals surface area contributed by atoms with E-state index in [0.29, 0.717) is 16.9 Å². The Morgan fingerprint density at radius 3 is 2.71 bits per heavy atom. The van der Waals surface area contributed by atoms with Gasteiger partial charge in [-0.25, -0.2) is 0 Å². The second-order valence-electron chi connectivity index (χ2n) is 4.39. The van der Waals surface area contributed by atoms with E-state index in [0.717, 1.165) is 26.2 Å². The Morgan fingerprint density at radius 2 is 2.21 bits per heavy atom. The first-order chi connectivity index (χ1) is 6.50. The molecule has 0 spiro atoms. The monoisotopic (exact) mass is 215 g/mol. The van der Waals surface area contributed by atoms with Crippen LogP contribution in [0.3, 0.4) is 0 Å². The van der Waals surface area contributed by atoms with Crippen molar-refractivity contribution < 1.29 is 0 Å². The van der Waals surface area contributed by atoms with Gasteiger partial charge >= 0.3 is 0 Å². The van der Waals surface area contributed by atoms with Crippen LogP contribution in [0, 0.1) is 5.92 Å². The summed E-state index contributed by atoms with van der Waals surface area (Å²) >= 11 is 4.98. The van der Waals surface area contributed by atoms with E-state index in [1.165, 1.54) is 0 Å². The summed E-state index contributed by atoms with van der Waals surface area (Å²) in [4.78, 5) is 5.48. The molecule has 14 heavy (non-hydrogen) atoms. The highest BCUT2D eigenvalue weighted by Gasteiger charge is 2.22. The number of rotatable bonds is 3. The van der Waals surface area contributed by atoms with Crippen molar-refractivity contribution in [2.75, 3.05) is 33.2 Å². The smallest absolute Gasteiger partial charge is 0.0768 e. The molecule has 1 saturated heterocycles. The molecule has 2 N–H and O–H groups in total. The van der Waals surface area contributed by atoms with Gasteiger partial charge in [0, 0.05) is 38.1 Å². The normalized spacial score (nSPS) is 27.5. The van der Waals surface area contributed by atoms with Crippen LogP contribution in [0.4, 0.5) is 0 Å². The maximum absolute atomic E-state index is 5.61. The molecule has 1 fully saturated rings. The van der Waals surface area contributed by atoms with Gasteiger partial charge in [0.05, 0.1) is 4.99 Å². The number of piperazine rings is 1. The van der Waals surface area contributed by atoms with Crippen LogP contribution in [-0.2, 0) is 0 Å². The summed E-state index contributed by atoms with van der Waals surface area (Å²) < 4.78 is 0. The predicted octanol–water partition coefficient (Wildman–Crippen LogP) is 0.544. The van der Waals surface area contributed by atoms with E-state index in [1.54, 1.807) is 0 Å². The number of likely N-dealkylation sites (N-methyl/N-ethyl adjacent to an activating group) is 1. The van der Waals surface area contributed by atoms with Crippen LogP contribution in [0.1, 0.15) is 13.8 Å². The fourth-order valence-electron chi connectivity index (χ4n) is 1.77. The van der Waals surface area contributed by atoms with E-state index < -0.39 is 0 Å². The molecule has 0 aromatic heterocycles. The minimum Gasteiger partial charge on any atom is -0.393 e. The highest BCUT2D eigenvalue weighted by molar-refractivity contribution is 7.80. The largest absolute Gasteiger partial charge is 0.393 e. The molecule has 0 aromatic rings. The zero-order valence-corrected chi connectivity index (χ0v) is 10.2. The molecule has 1 aliphatic rings. The van der Waals surface area contributed by atoms with E-state index >= 15 is 0 Å². The highest BCUT2D eigenvalue weighted by atomic mass is 32.1. The van der Waals surface area contributed by atoms with Crippen LogP contribution in [0.2, 0.25) is 0 Å². The van der Waals surface area contributed by atoms with Crippen molar-refractivity contribution >= 4 is 17.2 Å². The van der Waals surface area contributed by atoms with Crippen molar-refractivity contribution in [1.82, 2.24) is 9.80 Å². The van der Waals surface area contributed by atoms with Crippen molar-refractivity contribution in [3.05, 3.63) is 0 Å². The fraction of sp³-hybridized carbons (Fsp3) is 0.900. The number of hydrogen-bond donors (Lipinski definition) is 1. The summed E-state index contributed by atoms with van der Waals surface area (Å²) in [6.07, 6.45) is 0. The molecule has 0 radical (unpaired) electrons. The second-order valence-corrected chi connectivity index (χ2v) is 4.86. The summed E-state index contributed by atoms with van der Waals surface area (Å²) in [5, 5.41) is 0. The third-order valence-electron chi connectivity index (χ3n) is 3.06. The molecule has 3 nitrogen and oxygen atoms in total. The number of hydrogen-bond acceptors (Lipinski definition) is 3. The van der Waals surface area contributed by atoms with Gasteiger partial charge in [0.2, 0.25) is 0 Å². The van der Waals surface area contributed by atoms with Gasteiger partial charge in [-0.3, -0.25) is 4.90 Å². The molecule has 1 heterocycles. The minimum atomic E-state index is 0.334. The standard InChI is InChI=1S/C10H21N3S/c1-8(10(11)14)6-13-5-4-12(3)9(2)7-13/h8-9H,4-7H2,1-3H3,(H2,11,14). The van der Waals surface area contributed by atoms with Gasteiger partial charge < -0.3 is 10.6 Å². The van der Waals surface area contributed by atoms with Gasteiger partial charge in [-0.1, -0.05) is 19.1 Å². The molecular formula is C10H21N3S. The Labute approximate surface area is 92.2 Å². The van der Waals surface area contributed by atoms with Gasteiger partial charge in [-0.15, -0.1) is 0 Å². The van der Waals surface area contributed by atoms with E-state index in [-0.39, 0.29) is 0 Å². The Balaban J connectivity index is 2.36. The van der Waals surface area contributed by atoms with E-state index in [9.17, 15) is 0 Å². The van der Waals surface area contributed by atoms with E-state index in [4.69, 9.17) is 18.0 Å². The minimum absolute atomic E-state index is 0.334. The van der Waals surface area contributed by atoms with Crippen molar-refractivity contribution in [2.24, 2.45) is 11.7 Å². The molecule has 0 saturated carbocycles. The topological polar surface area (TPSA) is 32.5 Å². The molecule has 4 heteroatoms. The molecule has 0 amide bonds. The summed E-state index contributed by atoms with van der Waals surface area (Å²) in [5.74, 6) is 0.334. The van der Waals surface area contributed by atoms with Gasteiger partial charge in [0.25, 0.3) is 0 Å². The lowest BCUT2D eigenvalue weighted by Gasteiger charge is -2.38. The van der Waals surface area contributed by atoms with Gasteiger partial charge in [0.15, 0.2) is 0 Å². The fourth-order valence-corrected chi connectivity index (χ4v) is 1.84. The Bertz CT molecular complexity index is 208. The molecule has 0 aliphatic carbocycles. The first-order valence-electron chi connectivity index (χ1n) is 5.22. The Hall–Kier alpha value is -0.190. The summed E-state index contributed by atoms with van der Waals surface area (Å²) in [7, 11) is 2.18. The summed E-state index contributed by atoms with van der Waals surface area (Å²) in [6, 6.07) is 0.641. The predicted molar refractivity (Wildman–Crippen MR) is 64.5 cm³/mol. The Kier molecular flexibility index (Phi) is 4.29. The molecular weight excluding hydrogens is 194 g/mol. The quantitative estimate of drug-likeness (QED) is 0.697. The van der Waals surface area contributed by atoms with Gasteiger partial charge in [-0.05, 0) is 14.0 Å². The van der Waals surface area contributed by atoms with Crippen molar-refractivity contribution in [1.29, 1.82) is 0 Å². The lowest BCUT2D eigenvalue weighted by atomic mass is 10.1. The highest BCUT2D eigenvalue weighted by Crippen LogP contribution is 2.09. The Morgan fingerprint density at radius 1 is 1.57 bits per heavy atom. The molecule has 1 rings (SSSR count). The van der Waals surface area contributed by atoms with Crippen LogP contribution in [0.15, 0.2) is 0 Å². The van der Waals surface area contributed by atoms with Gasteiger partial charge in [0.1, 0.15) is 0 Å². The lowest BCUT2D eigenvalue weighted by Crippen LogP contribution is -2.51. The zero-order chi connectivity index (χ0) is 10.7. The summed E-state index contributed by atoms with van der Waals surface area (Å²) in [6.45, 7) is 8.78. The molecule has 2 unspecified atom stereocenters. The van der Waals surface area contributed by atoms with E-state index in [1.807, 2.05) is 0 Å². The maximum atomic E-state index is 5.61. The number of nitrogens with zero attached hydrogens (tertiary/aromatic N) is 2. The number of thiocarbonyl (C=S) groups is 1. The first-order valence-corrected chi connectivity index (χ1v) is 5.63. The average Bonchev–Trinajstić information content (AvgIpc) is 2.11. The first kappa shape index (κ1) is 11.9. The molecule has 0 aromatic carbocycles. The summed E-state index contributed by atoms with van der Waals surface area (Å²) in [5.41, 5.74) is 5.61. The van der Waals surface area contributed by atoms with Crippen molar-refractivity contribution in [2.45, 2.75) is 19.9 Å². The zero-order valence-electron chi connectivity index (χ0n) is 9.36. The second kappa shape index (κ2) is 5.05. The molecule has 1 aliphatic heterocycles. The van der Waals surface area contributed by atoms with Crippen LogP contribution < -0.4 is 5.73 Å². The van der Waals surface area contributed by atoms with Crippen molar-refractivity contribution in [3.8, 4) is 0 Å². The molecule has 82 valence electrons. The van der Waals surface area contributed by atoms with Gasteiger partial charge in [-0.2, -0.15) is 0 Å². The van der Waals surface area contributed by atoms with Crippen LogP contribution in [0.5, 0.6) is 0 Å². The van der Waals surface area contributed by atoms with E-state index in [2.05, 4.69) is 30.7 Å². The molecule has 2 atom stereocenters. The van der Waals surface area contributed by atoms with Crippen LogP contribution >= 0.6 is 12.2 Å². The number of nitrogens with two attached hydrogens (primary N) is 1. The average molecular weight is 215 g/mol. The maximum Gasteiger partial charge on any atom is 0.0768 e. The SMILES string of the molecule is CC(CN1CCN(C)C(C)C1)C(N)=S.